The first-order valence-electron chi connectivity index (χ1n) is 5.42. The van der Waals surface area contributed by atoms with Gasteiger partial charge < -0.3 is 10.2 Å². The van der Waals surface area contributed by atoms with Gasteiger partial charge in [0.25, 0.3) is 0 Å². The van der Waals surface area contributed by atoms with E-state index in [-0.39, 0.29) is 53.4 Å². The fourth-order valence-corrected chi connectivity index (χ4v) is 3.18. The zero-order valence-corrected chi connectivity index (χ0v) is 14.5. The van der Waals surface area contributed by atoms with E-state index < -0.39 is 5.75 Å². The number of hydrogen-bond acceptors (Lipinski definition) is 2. The molecular weight excluding hydrogens is 401 g/mol. The second-order valence-corrected chi connectivity index (χ2v) is 6.50. The molecule has 21 heavy (non-hydrogen) atoms. The van der Waals surface area contributed by atoms with Crippen LogP contribution in [0.3, 0.4) is 0 Å². The van der Waals surface area contributed by atoms with Crippen molar-refractivity contribution in [3.05, 3.63) is 53.4 Å². The highest BCUT2D eigenvalue weighted by Gasteiger charge is 2.18. The van der Waals surface area contributed by atoms with Crippen LogP contribution < -0.4 is 5.11 Å². The Labute approximate surface area is 150 Å². The second-order valence-electron chi connectivity index (χ2n) is 4.12. The van der Waals surface area contributed by atoms with Gasteiger partial charge in [-0.3, -0.25) is 0 Å². The van der Waals surface area contributed by atoms with E-state index in [1.54, 1.807) is 0 Å². The average Bonchev–Trinajstić information content (AvgIpc) is 2.42. The van der Waals surface area contributed by atoms with Gasteiger partial charge in [0, 0.05) is 17.0 Å². The molecule has 0 atom stereocenters. The van der Waals surface area contributed by atoms with Gasteiger partial charge in [-0.2, -0.15) is 0 Å². The van der Waals surface area contributed by atoms with E-state index in [2.05, 4.69) is 0 Å². The normalized spacial score (nSPS) is 11.0. The lowest BCUT2D eigenvalue weighted by molar-refractivity contribution is -0.269. The Balaban J connectivity index is 2.64. The standard InChI is InChI=1S/C13H6Cl6O2/c14-6-2-8(16)12(20)4(10(6)18)1-5-11(19)7(15)3-9(17)13(5)21/h2-3,20-21H,1H2/p-1. The van der Waals surface area contributed by atoms with E-state index >= 15 is 0 Å². The zero-order chi connectivity index (χ0) is 15.9. The largest absolute Gasteiger partial charge is 0.871 e. The fraction of sp³-hybridized carbons (Fsp3) is 0.0769. The van der Waals surface area contributed by atoms with Crippen LogP contribution in [0, 0.1) is 0 Å². The molecule has 0 aliphatic rings. The lowest BCUT2D eigenvalue weighted by Gasteiger charge is -2.19. The molecule has 0 aliphatic heterocycles. The summed E-state index contributed by atoms with van der Waals surface area (Å²) < 4.78 is 0. The van der Waals surface area contributed by atoms with Crippen LogP contribution in [-0.4, -0.2) is 5.11 Å². The monoisotopic (exact) mass is 403 g/mol. The van der Waals surface area contributed by atoms with E-state index in [9.17, 15) is 10.2 Å². The molecule has 0 amide bonds. The van der Waals surface area contributed by atoms with Gasteiger partial charge in [-0.05, 0) is 17.7 Å². The maximum atomic E-state index is 12.1. The summed E-state index contributed by atoms with van der Waals surface area (Å²) in [6.45, 7) is 0. The van der Waals surface area contributed by atoms with Gasteiger partial charge in [0.05, 0.1) is 25.1 Å². The van der Waals surface area contributed by atoms with Gasteiger partial charge in [-0.25, -0.2) is 0 Å². The first kappa shape index (κ1) is 17.1. The summed E-state index contributed by atoms with van der Waals surface area (Å²) in [5.74, 6) is -0.782. The topological polar surface area (TPSA) is 43.3 Å². The maximum Gasteiger partial charge on any atom is 0.139 e. The SMILES string of the molecule is [O-]c1c(Cl)cc(Cl)c(Cl)c1Cc1c(O)c(Cl)cc(Cl)c1Cl. The predicted molar refractivity (Wildman–Crippen MR) is 86.9 cm³/mol. The Kier molecular flexibility index (Phi) is 5.30. The minimum atomic E-state index is -0.502. The van der Waals surface area contributed by atoms with E-state index in [4.69, 9.17) is 69.6 Å². The molecule has 2 rings (SSSR count). The number of rotatable bonds is 2. The Hall–Kier alpha value is -0.220. The van der Waals surface area contributed by atoms with Crippen LogP contribution in [0.5, 0.6) is 11.5 Å². The first-order valence-corrected chi connectivity index (χ1v) is 7.69. The minimum Gasteiger partial charge on any atom is -0.871 e. The number of phenols is 1. The lowest BCUT2D eigenvalue weighted by atomic mass is 10.0. The number of benzene rings is 2. The first-order chi connectivity index (χ1) is 9.73. The van der Waals surface area contributed by atoms with Gasteiger partial charge in [-0.1, -0.05) is 75.4 Å². The van der Waals surface area contributed by atoms with Crippen molar-refractivity contribution in [3.63, 3.8) is 0 Å². The van der Waals surface area contributed by atoms with E-state index in [1.165, 1.54) is 12.1 Å². The average molecular weight is 406 g/mol. The molecule has 1 N–H and O–H groups in total. The number of phenolic OH excluding ortho intramolecular Hbond substituents is 1. The highest BCUT2D eigenvalue weighted by Crippen LogP contribution is 2.43. The molecule has 0 heterocycles. The molecule has 0 saturated heterocycles. The van der Waals surface area contributed by atoms with Crippen molar-refractivity contribution < 1.29 is 10.2 Å². The maximum absolute atomic E-state index is 12.1. The van der Waals surface area contributed by atoms with Crippen molar-refractivity contribution in [2.45, 2.75) is 6.42 Å². The summed E-state index contributed by atoms with van der Waals surface area (Å²) in [6.07, 6.45) is -0.108. The summed E-state index contributed by atoms with van der Waals surface area (Å²) in [4.78, 5) is 0. The lowest BCUT2D eigenvalue weighted by Crippen LogP contribution is -2.02. The van der Waals surface area contributed by atoms with Crippen LogP contribution >= 0.6 is 69.6 Å². The Morgan fingerprint density at radius 3 is 1.81 bits per heavy atom. The molecule has 0 unspecified atom stereocenters. The van der Waals surface area contributed by atoms with Gasteiger partial charge >= 0.3 is 0 Å². The van der Waals surface area contributed by atoms with Crippen molar-refractivity contribution in [1.29, 1.82) is 0 Å². The van der Waals surface area contributed by atoms with Gasteiger partial charge in [0.15, 0.2) is 0 Å². The van der Waals surface area contributed by atoms with E-state index in [0.29, 0.717) is 0 Å². The molecule has 112 valence electrons. The smallest absolute Gasteiger partial charge is 0.139 e. The van der Waals surface area contributed by atoms with Crippen molar-refractivity contribution in [3.8, 4) is 11.5 Å². The minimum absolute atomic E-state index is 0.0103. The molecule has 2 nitrogen and oxygen atoms in total. The molecule has 2 aromatic carbocycles. The van der Waals surface area contributed by atoms with E-state index in [1.807, 2.05) is 0 Å². The molecule has 0 saturated carbocycles. The third-order valence-corrected chi connectivity index (χ3v) is 5.03. The molecule has 2 aromatic rings. The molecule has 0 radical (unpaired) electrons. The Morgan fingerprint density at radius 2 is 1.24 bits per heavy atom. The predicted octanol–water partition coefficient (Wildman–Crippen LogP) is 5.98. The van der Waals surface area contributed by atoms with E-state index in [0.717, 1.165) is 0 Å². The fourth-order valence-electron chi connectivity index (χ4n) is 1.76. The second kappa shape index (κ2) is 6.49. The zero-order valence-electron chi connectivity index (χ0n) is 9.99. The third-order valence-electron chi connectivity index (χ3n) is 2.81. The summed E-state index contributed by atoms with van der Waals surface area (Å²) in [5, 5.41) is 22.4. The van der Waals surface area contributed by atoms with Crippen LogP contribution in [0.15, 0.2) is 12.1 Å². The Bertz CT molecular complexity index is 616. The summed E-state index contributed by atoms with van der Waals surface area (Å²) in [5.41, 5.74) is 0.274. The Morgan fingerprint density at radius 1 is 0.762 bits per heavy atom. The molecule has 0 fully saturated rings. The number of halogens is 6. The summed E-state index contributed by atoms with van der Waals surface area (Å²) in [7, 11) is 0. The van der Waals surface area contributed by atoms with Crippen LogP contribution in [-0.2, 0) is 6.42 Å². The van der Waals surface area contributed by atoms with Crippen molar-refractivity contribution in [2.24, 2.45) is 0 Å². The van der Waals surface area contributed by atoms with Crippen molar-refractivity contribution in [1.82, 2.24) is 0 Å². The number of aromatic hydroxyl groups is 1. The van der Waals surface area contributed by atoms with Crippen molar-refractivity contribution >= 4 is 69.6 Å². The highest BCUT2D eigenvalue weighted by molar-refractivity contribution is 6.45. The molecular formula is C13H5Cl6O2-. The quantitative estimate of drug-likeness (QED) is 0.625. The highest BCUT2D eigenvalue weighted by atomic mass is 35.5. The van der Waals surface area contributed by atoms with Gasteiger partial charge in [0.2, 0.25) is 0 Å². The third kappa shape index (κ3) is 3.26. The summed E-state index contributed by atoms with van der Waals surface area (Å²) >= 11 is 35.5. The number of hydrogen-bond donors (Lipinski definition) is 1. The molecule has 0 spiro atoms. The van der Waals surface area contributed by atoms with Crippen LogP contribution in [0.25, 0.3) is 0 Å². The van der Waals surface area contributed by atoms with Crippen LogP contribution in [0.4, 0.5) is 0 Å². The van der Waals surface area contributed by atoms with Crippen molar-refractivity contribution in [2.75, 3.05) is 0 Å². The molecule has 0 aliphatic carbocycles. The molecule has 0 bridgehead atoms. The van der Waals surface area contributed by atoms with Gasteiger partial charge in [-0.15, -0.1) is 0 Å². The van der Waals surface area contributed by atoms with Gasteiger partial charge in [0.1, 0.15) is 5.75 Å². The van der Waals surface area contributed by atoms with Crippen LogP contribution in [0.1, 0.15) is 11.1 Å². The molecule has 8 heteroatoms. The summed E-state index contributed by atoms with van der Waals surface area (Å²) in [6, 6.07) is 2.55. The van der Waals surface area contributed by atoms with Crippen LogP contribution in [0.2, 0.25) is 30.1 Å². The molecule has 0 aromatic heterocycles.